The van der Waals surface area contributed by atoms with Crippen molar-refractivity contribution in [3.05, 3.63) is 53.3 Å². The second-order valence-electron chi connectivity index (χ2n) is 7.31. The van der Waals surface area contributed by atoms with Gasteiger partial charge in [-0.15, -0.1) is 24.3 Å². The Balaban J connectivity index is 0.00000169. The van der Waals surface area contributed by atoms with Crippen molar-refractivity contribution in [3.63, 3.8) is 0 Å². The minimum absolute atomic E-state index is 0. The summed E-state index contributed by atoms with van der Waals surface area (Å²) in [6.45, 7) is 10.9. The fourth-order valence-electron chi connectivity index (χ4n) is 3.08. The van der Waals surface area contributed by atoms with Gasteiger partial charge in [0.25, 0.3) is 0 Å². The first kappa shape index (κ1) is 17.1. The number of aromatic nitrogens is 3. The van der Waals surface area contributed by atoms with Crippen LogP contribution in [0.15, 0.2) is 30.3 Å². The summed E-state index contributed by atoms with van der Waals surface area (Å²) in [5.74, 6) is 1.03. The van der Waals surface area contributed by atoms with E-state index in [2.05, 4.69) is 57.2 Å². The predicted molar refractivity (Wildman–Crippen MR) is 95.0 cm³/mol. The van der Waals surface area contributed by atoms with Crippen molar-refractivity contribution in [2.24, 2.45) is 0 Å². The summed E-state index contributed by atoms with van der Waals surface area (Å²) >= 11 is 0. The van der Waals surface area contributed by atoms with E-state index in [0.29, 0.717) is 0 Å². The van der Waals surface area contributed by atoms with E-state index in [1.54, 1.807) is 0 Å². The van der Waals surface area contributed by atoms with Crippen LogP contribution in [0.25, 0.3) is 27.6 Å². The molecule has 3 nitrogen and oxygen atoms in total. The monoisotopic (exact) mass is 495 g/mol. The topological polar surface area (TPSA) is 30.2 Å². The molecule has 0 bridgehead atoms. The van der Waals surface area contributed by atoms with E-state index < -0.39 is 0 Å². The second-order valence-corrected chi connectivity index (χ2v) is 7.31. The van der Waals surface area contributed by atoms with E-state index >= 15 is 0 Å². The third kappa shape index (κ3) is 2.45. The number of benzene rings is 2. The van der Waals surface area contributed by atoms with Gasteiger partial charge in [0, 0.05) is 25.5 Å². The van der Waals surface area contributed by atoms with Gasteiger partial charge in [0.2, 0.25) is 0 Å². The van der Waals surface area contributed by atoms with Gasteiger partial charge >= 0.3 is 0 Å². The minimum Gasteiger partial charge on any atom is -0.321 e. The van der Waals surface area contributed by atoms with E-state index in [4.69, 9.17) is 9.97 Å². The molecule has 2 heterocycles. The molecule has 0 saturated heterocycles. The SMILES string of the molecule is Cc1cc2nc3c4[c-]cccc4nc(C(C)(C)C)n3c2cc1C.[Ir]. The number of hydrogen-bond acceptors (Lipinski definition) is 2. The molecular weight excluding hydrogens is 474 g/mol. The minimum atomic E-state index is -0.0747. The Labute approximate surface area is 155 Å². The first-order valence-electron chi connectivity index (χ1n) is 7.96. The number of rotatable bonds is 0. The zero-order chi connectivity index (χ0) is 16.4. The van der Waals surface area contributed by atoms with E-state index in [0.717, 1.165) is 33.4 Å². The molecule has 0 aliphatic carbocycles. The summed E-state index contributed by atoms with van der Waals surface area (Å²) in [6.07, 6.45) is 0. The zero-order valence-electron chi connectivity index (χ0n) is 14.6. The first-order valence-corrected chi connectivity index (χ1v) is 7.96. The third-order valence-corrected chi connectivity index (χ3v) is 4.44. The van der Waals surface area contributed by atoms with Crippen LogP contribution in [0, 0.1) is 19.9 Å². The molecule has 0 N–H and O–H groups in total. The first-order chi connectivity index (χ1) is 10.9. The molecule has 0 aliphatic rings. The standard InChI is InChI=1S/C20H20N3.Ir/c1-12-10-16-17(11-13(12)2)23-18(21-16)14-8-6-7-9-15(14)22-19(23)20(3,4)5;/h6-7,9-11H,1-5H3;/q-1;. The molecular formula is C20H20IrN3-. The Kier molecular flexibility index (Phi) is 4.01. The van der Waals surface area contributed by atoms with Crippen LogP contribution in [0.3, 0.4) is 0 Å². The normalized spacial score (nSPS) is 12.0. The summed E-state index contributed by atoms with van der Waals surface area (Å²) in [5.41, 5.74) is 6.50. The van der Waals surface area contributed by atoms with Crippen molar-refractivity contribution in [3.8, 4) is 0 Å². The number of imidazole rings is 1. The van der Waals surface area contributed by atoms with Gasteiger partial charge in [-0.25, -0.2) is 0 Å². The molecule has 4 rings (SSSR count). The van der Waals surface area contributed by atoms with Gasteiger partial charge in [-0.2, -0.15) is 0 Å². The molecule has 2 aromatic carbocycles. The Morgan fingerprint density at radius 1 is 1.00 bits per heavy atom. The van der Waals surface area contributed by atoms with Gasteiger partial charge < -0.3 is 4.40 Å². The van der Waals surface area contributed by atoms with Crippen LogP contribution >= 0.6 is 0 Å². The van der Waals surface area contributed by atoms with Gasteiger partial charge in [0.05, 0.1) is 16.7 Å². The number of aryl methyl sites for hydroxylation is 2. The van der Waals surface area contributed by atoms with Crippen LogP contribution in [0.1, 0.15) is 37.7 Å². The average Bonchev–Trinajstić information content (AvgIpc) is 2.84. The van der Waals surface area contributed by atoms with Gasteiger partial charge in [0.1, 0.15) is 5.82 Å². The van der Waals surface area contributed by atoms with Crippen molar-refractivity contribution in [1.82, 2.24) is 14.4 Å². The van der Waals surface area contributed by atoms with E-state index in [9.17, 15) is 0 Å². The Morgan fingerprint density at radius 3 is 2.42 bits per heavy atom. The largest absolute Gasteiger partial charge is 0.321 e. The molecule has 0 saturated carbocycles. The molecule has 125 valence electrons. The van der Waals surface area contributed by atoms with Crippen molar-refractivity contribution in [1.29, 1.82) is 0 Å². The quantitative estimate of drug-likeness (QED) is 0.331. The molecule has 0 amide bonds. The fourth-order valence-corrected chi connectivity index (χ4v) is 3.08. The van der Waals surface area contributed by atoms with Crippen LogP contribution in [-0.4, -0.2) is 14.4 Å². The fraction of sp³-hybridized carbons (Fsp3) is 0.300. The van der Waals surface area contributed by atoms with Crippen LogP contribution in [-0.2, 0) is 25.5 Å². The maximum atomic E-state index is 4.94. The number of nitrogens with zero attached hydrogens (tertiary/aromatic N) is 3. The van der Waals surface area contributed by atoms with Crippen LogP contribution < -0.4 is 0 Å². The van der Waals surface area contributed by atoms with E-state index in [-0.39, 0.29) is 25.5 Å². The molecule has 0 unspecified atom stereocenters. The molecule has 0 atom stereocenters. The third-order valence-electron chi connectivity index (χ3n) is 4.44. The summed E-state index contributed by atoms with van der Waals surface area (Å²) in [4.78, 5) is 9.85. The molecule has 0 spiro atoms. The van der Waals surface area contributed by atoms with Crippen LogP contribution in [0.2, 0.25) is 0 Å². The van der Waals surface area contributed by atoms with Crippen molar-refractivity contribution >= 4 is 27.6 Å². The summed E-state index contributed by atoms with van der Waals surface area (Å²) in [6, 6.07) is 13.6. The van der Waals surface area contributed by atoms with Gasteiger partial charge in [-0.1, -0.05) is 26.2 Å². The molecule has 0 aliphatic heterocycles. The number of fused-ring (bicyclic) bond motifs is 5. The number of hydrogen-bond donors (Lipinski definition) is 0. The predicted octanol–water partition coefficient (Wildman–Crippen LogP) is 4.75. The molecule has 2 aromatic heterocycles. The molecule has 4 heteroatoms. The molecule has 4 aromatic rings. The molecule has 1 radical (unpaired) electrons. The smallest absolute Gasteiger partial charge is 0.102 e. The van der Waals surface area contributed by atoms with Crippen LogP contribution in [0.5, 0.6) is 0 Å². The van der Waals surface area contributed by atoms with Crippen molar-refractivity contribution in [2.45, 2.75) is 40.0 Å². The second kappa shape index (κ2) is 5.65. The average molecular weight is 495 g/mol. The maximum absolute atomic E-state index is 4.94. The van der Waals surface area contributed by atoms with Gasteiger partial charge in [0.15, 0.2) is 0 Å². The Morgan fingerprint density at radius 2 is 1.71 bits per heavy atom. The Bertz CT molecular complexity index is 1070. The summed E-state index contributed by atoms with van der Waals surface area (Å²) < 4.78 is 2.21. The maximum Gasteiger partial charge on any atom is 0.102 e. The molecule has 0 fully saturated rings. The van der Waals surface area contributed by atoms with Crippen molar-refractivity contribution < 1.29 is 20.1 Å². The van der Waals surface area contributed by atoms with Crippen molar-refractivity contribution in [2.75, 3.05) is 0 Å². The van der Waals surface area contributed by atoms with Crippen LogP contribution in [0.4, 0.5) is 0 Å². The summed E-state index contributed by atoms with van der Waals surface area (Å²) in [5, 5.41) is 0.979. The Hall–Kier alpha value is -1.77. The van der Waals surface area contributed by atoms with Gasteiger partial charge in [-0.05, 0) is 42.6 Å². The zero-order valence-corrected chi connectivity index (χ0v) is 17.0. The molecule has 24 heavy (non-hydrogen) atoms. The van der Waals surface area contributed by atoms with E-state index in [1.165, 1.54) is 11.1 Å². The summed E-state index contributed by atoms with van der Waals surface area (Å²) in [7, 11) is 0. The van der Waals surface area contributed by atoms with E-state index in [1.807, 2.05) is 18.2 Å². The van der Waals surface area contributed by atoms with Gasteiger partial charge in [-0.3, -0.25) is 9.97 Å².